The first-order valence-corrected chi connectivity index (χ1v) is 36.2. The number of primary amides is 1. The van der Waals surface area contributed by atoms with Crippen LogP contribution in [0.15, 0.2) is 84.9 Å². The van der Waals surface area contributed by atoms with E-state index in [9.17, 15) is 87.2 Å². The van der Waals surface area contributed by atoms with Gasteiger partial charge in [0.1, 0.15) is 60.4 Å². The van der Waals surface area contributed by atoms with Gasteiger partial charge in [-0.2, -0.15) is 0 Å². The van der Waals surface area contributed by atoms with Crippen molar-refractivity contribution in [3.8, 4) is 0 Å². The number of aliphatic hydroxyl groups is 2. The first-order chi connectivity index (χ1) is 49.1. The molecule has 15 atom stereocenters. The zero-order chi connectivity index (χ0) is 77.0. The second kappa shape index (κ2) is 39.0. The van der Waals surface area contributed by atoms with Crippen molar-refractivity contribution in [2.24, 2.45) is 23.5 Å². The number of carbonyl (C=O) groups is 15. The lowest BCUT2D eigenvalue weighted by atomic mass is 9.91. The van der Waals surface area contributed by atoms with Crippen molar-refractivity contribution in [1.82, 2.24) is 56.8 Å². The molecule has 0 spiro atoms. The molecule has 3 fully saturated rings. The maximum atomic E-state index is 14.8. The molecule has 12 N–H and O–H groups in total. The number of ketones is 2. The summed E-state index contributed by atoms with van der Waals surface area (Å²) in [5.74, 6) is -17.6. The molecule has 0 radical (unpaired) electrons. The summed E-state index contributed by atoms with van der Waals surface area (Å²) in [5.41, 5.74) is 7.37. The van der Waals surface area contributed by atoms with Crippen molar-refractivity contribution in [3.05, 3.63) is 107 Å². The lowest BCUT2D eigenvalue weighted by Gasteiger charge is -2.33. The van der Waals surface area contributed by atoms with Gasteiger partial charge in [0.15, 0.2) is 11.6 Å². The minimum absolute atomic E-state index is 0.0301. The highest BCUT2D eigenvalue weighted by Crippen LogP contribution is 2.26. The number of nitrogens with zero attached hydrogens (tertiary/aromatic N) is 4. The van der Waals surface area contributed by atoms with Crippen LogP contribution in [0.3, 0.4) is 0 Å². The van der Waals surface area contributed by atoms with E-state index >= 15 is 0 Å². The van der Waals surface area contributed by atoms with E-state index in [4.69, 9.17) is 17.3 Å². The summed E-state index contributed by atoms with van der Waals surface area (Å²) in [6, 6.07) is 7.46. The number of carboxylic acid groups (broad SMARTS) is 1. The highest BCUT2D eigenvalue weighted by Gasteiger charge is 2.44. The van der Waals surface area contributed by atoms with Crippen molar-refractivity contribution in [1.29, 1.82) is 0 Å². The second-order valence-electron chi connectivity index (χ2n) is 27.3. The summed E-state index contributed by atoms with van der Waals surface area (Å²) in [5, 5.41) is 50.9. The molecule has 30 nitrogen and oxygen atoms in total. The van der Waals surface area contributed by atoms with Gasteiger partial charge in [-0.1, -0.05) is 105 Å². The van der Waals surface area contributed by atoms with Crippen LogP contribution >= 0.6 is 23.4 Å². The van der Waals surface area contributed by atoms with Crippen LogP contribution in [0.25, 0.3) is 0 Å². The number of carboxylic acids is 1. The highest BCUT2D eigenvalue weighted by molar-refractivity contribution is 8.00. The number of benzene rings is 3. The fourth-order valence-corrected chi connectivity index (χ4v) is 13.6. The first-order valence-electron chi connectivity index (χ1n) is 34.7. The first kappa shape index (κ1) is 83.6. The average molecular weight is 1490 g/mol. The third kappa shape index (κ3) is 23.3. The molecule has 1 unspecified atom stereocenters. The van der Waals surface area contributed by atoms with E-state index in [1.54, 1.807) is 86.6 Å². The molecule has 0 bridgehead atoms. The molecular formula is C72H97ClN12O18S. The number of nitrogens with one attached hydrogen (secondary N) is 7. The summed E-state index contributed by atoms with van der Waals surface area (Å²) in [7, 11) is 2.48. The third-order valence-corrected chi connectivity index (χ3v) is 20.3. The van der Waals surface area contributed by atoms with Crippen LogP contribution in [0.5, 0.6) is 0 Å². The molecule has 566 valence electrons. The quantitative estimate of drug-likeness (QED) is 0.111. The molecule has 6 rings (SSSR count). The topological polar surface area (TPSA) is 440 Å². The van der Waals surface area contributed by atoms with Crippen LogP contribution in [-0.4, -0.2) is 241 Å². The maximum absolute atomic E-state index is 14.8. The summed E-state index contributed by atoms with van der Waals surface area (Å²) < 4.78 is 0. The van der Waals surface area contributed by atoms with E-state index in [0.717, 1.165) is 21.6 Å². The number of nitrogens with two attached hydrogens (primary N) is 1. The third-order valence-electron chi connectivity index (χ3n) is 19.0. The average Bonchev–Trinajstić information content (AvgIpc) is 1.53. The molecule has 3 aliphatic heterocycles. The Balaban J connectivity index is 1.34. The van der Waals surface area contributed by atoms with Crippen LogP contribution in [0, 0.1) is 17.8 Å². The van der Waals surface area contributed by atoms with Crippen LogP contribution in [0.4, 0.5) is 0 Å². The second-order valence-corrected chi connectivity index (χ2v) is 28.7. The number of Topliss-reactive ketones (excluding diaryl/α,β-unsaturated/α-hetero) is 2. The standard InChI is InChI=1S/C72H97ClN12O18S/c1-38(2)60-72(103)85-29-17-23-55(85)68(99)81-61(43(7)87)57(89)34-48(42(6)86)65(96)78-52(32-45-20-14-11-15-21-45)71(102)83(9)41(5)64(95)77-51(33-46-24-26-47(73)27-25-46)70(101)82(8)40(4)63(94)76-49(35-59(91)92)56(88)30-39(3)69(100)84-28-16-22-54(84)67(98)79-53(62(74)93)36-104-37-58(90)75-50(66(97)80-60)31-44-18-12-10-13-19-44/h10-15,18-21,24-27,38-43,48-55,60-61,86-87H,16-17,22-23,28-37H2,1-9H3,(H2,74,93)(H,75,90)(H,76,94)(H,77,95)(H,78,96)(H,79,98)(H,80,97)(H,81,99)(H,91,92)/t39-,40+,41+,42-,43-,48+,49?,50+,51+,52+,53+,54+,55+,60+,61+/m1/s1. The minimum Gasteiger partial charge on any atom is -0.481 e. The maximum Gasteiger partial charge on any atom is 0.305 e. The number of rotatable bonds is 12. The van der Waals surface area contributed by atoms with Gasteiger partial charge in [0.2, 0.25) is 70.9 Å². The van der Waals surface area contributed by atoms with Crippen molar-refractivity contribution < 1.29 is 87.2 Å². The number of fused-ring (bicyclic) bond motifs is 2. The lowest BCUT2D eigenvalue weighted by molar-refractivity contribution is -0.145. The number of halogens is 1. The van der Waals surface area contributed by atoms with Gasteiger partial charge in [-0.05, 0) is 88.1 Å². The molecule has 32 heteroatoms. The van der Waals surface area contributed by atoms with Gasteiger partial charge in [-0.25, -0.2) is 0 Å². The Bertz CT molecular complexity index is 3610. The van der Waals surface area contributed by atoms with Crippen molar-refractivity contribution in [2.45, 2.75) is 191 Å². The molecule has 3 aromatic carbocycles. The fourth-order valence-electron chi connectivity index (χ4n) is 12.6. The normalized spacial score (nSPS) is 27.5. The van der Waals surface area contributed by atoms with Crippen LogP contribution in [0.1, 0.15) is 110 Å². The monoisotopic (exact) mass is 1480 g/mol. The molecule has 3 aromatic rings. The number of aliphatic carboxylic acids is 1. The molecule has 12 amide bonds. The van der Waals surface area contributed by atoms with Crippen molar-refractivity contribution in [2.75, 3.05) is 38.7 Å². The predicted octanol–water partition coefficient (Wildman–Crippen LogP) is -0.268. The number of aliphatic hydroxyl groups excluding tert-OH is 2. The predicted molar refractivity (Wildman–Crippen MR) is 382 cm³/mol. The minimum atomic E-state index is -1.75. The lowest BCUT2D eigenvalue weighted by Crippen LogP contribution is -2.60. The molecule has 0 aliphatic carbocycles. The zero-order valence-corrected chi connectivity index (χ0v) is 61.4. The van der Waals surface area contributed by atoms with E-state index in [1.165, 1.54) is 70.6 Å². The van der Waals surface area contributed by atoms with E-state index in [-0.39, 0.29) is 56.7 Å². The largest absolute Gasteiger partial charge is 0.481 e. The van der Waals surface area contributed by atoms with Gasteiger partial charge < -0.3 is 77.9 Å². The van der Waals surface area contributed by atoms with Gasteiger partial charge in [0, 0.05) is 76.0 Å². The van der Waals surface area contributed by atoms with E-state index in [1.807, 2.05) is 0 Å². The Hall–Kier alpha value is -9.33. The Morgan fingerprint density at radius 2 is 0.990 bits per heavy atom. The number of amides is 12. The van der Waals surface area contributed by atoms with Gasteiger partial charge in [-0.3, -0.25) is 71.9 Å². The number of likely N-dealkylation sites (N-methyl/N-ethyl adjacent to an activating group) is 2. The van der Waals surface area contributed by atoms with E-state index < -0.39 is 204 Å². The van der Waals surface area contributed by atoms with Crippen molar-refractivity contribution >= 4 is 112 Å². The molecule has 0 aromatic heterocycles. The van der Waals surface area contributed by atoms with E-state index in [2.05, 4.69) is 37.2 Å². The van der Waals surface area contributed by atoms with Gasteiger partial charge in [0.05, 0.1) is 36.3 Å². The molecule has 3 heterocycles. The highest BCUT2D eigenvalue weighted by atomic mass is 35.5. The summed E-state index contributed by atoms with van der Waals surface area (Å²) >= 11 is 7.07. The van der Waals surface area contributed by atoms with Crippen molar-refractivity contribution in [3.63, 3.8) is 0 Å². The molecular weight excluding hydrogens is 1390 g/mol. The summed E-state index contributed by atoms with van der Waals surface area (Å²) in [6.07, 6.45) is -5.25. The zero-order valence-electron chi connectivity index (χ0n) is 59.8. The molecule has 3 saturated heterocycles. The Labute approximate surface area is 613 Å². The number of hydrogen-bond acceptors (Lipinski definition) is 18. The Morgan fingerprint density at radius 1 is 0.529 bits per heavy atom. The smallest absolute Gasteiger partial charge is 0.305 e. The number of carbonyl (C=O) groups excluding carboxylic acids is 14. The van der Waals surface area contributed by atoms with Gasteiger partial charge in [0.25, 0.3) is 0 Å². The Kier molecular flexibility index (Phi) is 31.3. The number of thioether (sulfide) groups is 1. The molecule has 0 saturated carbocycles. The van der Waals surface area contributed by atoms with Gasteiger partial charge >= 0.3 is 5.97 Å². The summed E-state index contributed by atoms with van der Waals surface area (Å²) in [4.78, 5) is 216. The van der Waals surface area contributed by atoms with Crippen LogP contribution in [-0.2, 0) is 91.2 Å². The summed E-state index contributed by atoms with van der Waals surface area (Å²) in [6.45, 7) is 9.79. The number of hydrogen-bond donors (Lipinski definition) is 11. The van der Waals surface area contributed by atoms with Gasteiger partial charge in [-0.15, -0.1) is 11.8 Å². The Morgan fingerprint density at radius 3 is 1.47 bits per heavy atom. The van der Waals surface area contributed by atoms with Crippen LogP contribution < -0.4 is 43.0 Å². The molecule has 104 heavy (non-hydrogen) atoms. The van der Waals surface area contributed by atoms with E-state index in [0.29, 0.717) is 34.6 Å². The SMILES string of the molecule is CC(C)[C@@H]1NC(=O)[C@H](Cc2ccccc2)NC(=O)CSC[C@@H](C(N)=O)NC(=O)[C@@H]2CCCN2C(=O)[C@H](C)CC(=O)C(CC(=O)O)NC(=O)[C@H](C)N(C)C(=O)[C@H](Cc2ccc(Cl)cc2)NC(=O)[C@H](C)N(C)C(=O)[C@H](Cc2ccccc2)NC(=O)[C@H]([C@@H](C)O)CC(=O)[C@H]([C@@H](C)O)NC(=O)[C@@H]2CCCN2C1=O. The fraction of sp³-hybridized carbons (Fsp3) is 0.542. The van der Waals surface area contributed by atoms with Crippen LogP contribution in [0.2, 0.25) is 5.02 Å². The molecule has 3 aliphatic rings.